The number of aliphatic hydroxyl groups is 1. The molecule has 2 rings (SSSR count). The topological polar surface area (TPSA) is 86.7 Å². The zero-order valence-electron chi connectivity index (χ0n) is 14.0. The second-order valence-electron chi connectivity index (χ2n) is 5.80. The molecule has 0 fully saturated rings. The maximum Gasteiger partial charge on any atom is 0.296 e. The molecule has 0 aromatic heterocycles. The van der Waals surface area contributed by atoms with Crippen molar-refractivity contribution in [2.24, 2.45) is 0 Å². The fourth-order valence-corrected chi connectivity index (χ4v) is 2.65. The summed E-state index contributed by atoms with van der Waals surface area (Å²) in [6.45, 7) is 3.80. The number of hydrogen-bond donors (Lipinski definition) is 2. The highest BCUT2D eigenvalue weighted by Gasteiger charge is 2.38. The molecule has 24 heavy (non-hydrogen) atoms. The molecule has 0 unspecified atom stereocenters. The molecule has 128 valence electrons. The molecule has 1 aliphatic rings. The van der Waals surface area contributed by atoms with Gasteiger partial charge < -0.3 is 10.4 Å². The van der Waals surface area contributed by atoms with Gasteiger partial charge >= 0.3 is 0 Å². The van der Waals surface area contributed by atoms with Crippen LogP contribution in [-0.4, -0.2) is 34.3 Å². The van der Waals surface area contributed by atoms with E-state index in [1.165, 1.54) is 6.92 Å². The van der Waals surface area contributed by atoms with Gasteiger partial charge in [-0.15, -0.1) is 0 Å². The first-order valence-electron chi connectivity index (χ1n) is 8.13. The van der Waals surface area contributed by atoms with Gasteiger partial charge in [-0.25, -0.2) is 0 Å². The van der Waals surface area contributed by atoms with E-state index in [9.17, 15) is 19.5 Å². The third kappa shape index (κ3) is 3.82. The number of carbonyl (C=O) groups is 3. The van der Waals surface area contributed by atoms with E-state index in [0.717, 1.165) is 30.6 Å². The van der Waals surface area contributed by atoms with Crippen LogP contribution in [-0.2, 0) is 14.4 Å². The van der Waals surface area contributed by atoms with Crippen LogP contribution in [0, 0.1) is 0 Å². The smallest absolute Gasteiger partial charge is 0.296 e. The molecule has 0 saturated heterocycles. The summed E-state index contributed by atoms with van der Waals surface area (Å²) in [5.41, 5.74) is 1.06. The van der Waals surface area contributed by atoms with E-state index in [2.05, 4.69) is 12.2 Å². The number of carbonyl (C=O) groups excluding carboxylic acids is 3. The van der Waals surface area contributed by atoms with Crippen molar-refractivity contribution in [1.29, 1.82) is 0 Å². The highest BCUT2D eigenvalue weighted by atomic mass is 16.3. The minimum atomic E-state index is -0.641. The predicted octanol–water partition coefficient (Wildman–Crippen LogP) is 2.86. The Morgan fingerprint density at radius 2 is 1.75 bits per heavy atom. The summed E-state index contributed by atoms with van der Waals surface area (Å²) in [5.74, 6) is -1.82. The van der Waals surface area contributed by atoms with Crippen molar-refractivity contribution in [3.05, 3.63) is 35.6 Å². The van der Waals surface area contributed by atoms with Crippen LogP contribution in [0.15, 0.2) is 30.0 Å². The maximum atomic E-state index is 12.5. The van der Waals surface area contributed by atoms with E-state index >= 15 is 0 Å². The molecule has 0 bridgehead atoms. The first-order chi connectivity index (χ1) is 11.5. The minimum absolute atomic E-state index is 0.0184. The number of benzene rings is 1. The molecule has 0 atom stereocenters. The maximum absolute atomic E-state index is 12.5. The van der Waals surface area contributed by atoms with Crippen LogP contribution in [0.4, 0.5) is 5.69 Å². The van der Waals surface area contributed by atoms with Crippen molar-refractivity contribution < 1.29 is 19.5 Å². The fourth-order valence-electron chi connectivity index (χ4n) is 2.65. The summed E-state index contributed by atoms with van der Waals surface area (Å²) >= 11 is 0. The van der Waals surface area contributed by atoms with E-state index in [0.29, 0.717) is 17.8 Å². The second-order valence-corrected chi connectivity index (χ2v) is 5.80. The third-order valence-electron chi connectivity index (χ3n) is 3.87. The number of nitrogens with zero attached hydrogens (tertiary/aromatic N) is 1. The molecule has 1 aromatic rings. The van der Waals surface area contributed by atoms with Crippen LogP contribution in [0.25, 0.3) is 5.57 Å². The number of hydrogen-bond acceptors (Lipinski definition) is 4. The van der Waals surface area contributed by atoms with Crippen LogP contribution < -0.4 is 5.32 Å². The van der Waals surface area contributed by atoms with Crippen LogP contribution >= 0.6 is 0 Å². The van der Waals surface area contributed by atoms with Gasteiger partial charge in [-0.1, -0.05) is 38.3 Å². The molecule has 6 nitrogen and oxygen atoms in total. The summed E-state index contributed by atoms with van der Waals surface area (Å²) in [4.78, 5) is 36.7. The number of amides is 3. The van der Waals surface area contributed by atoms with Gasteiger partial charge in [0.25, 0.3) is 11.8 Å². The summed E-state index contributed by atoms with van der Waals surface area (Å²) in [5, 5.41) is 12.7. The molecular weight excluding hydrogens is 308 g/mol. The zero-order valence-corrected chi connectivity index (χ0v) is 14.0. The SMILES string of the molecule is CCCCCCN1C(=O)C(O)=C(c2ccc(NC(C)=O)cc2)C1=O. The first kappa shape index (κ1) is 17.7. The van der Waals surface area contributed by atoms with E-state index in [4.69, 9.17) is 0 Å². The molecule has 3 amide bonds. The van der Waals surface area contributed by atoms with Crippen molar-refractivity contribution in [3.63, 3.8) is 0 Å². The lowest BCUT2D eigenvalue weighted by molar-refractivity contribution is -0.138. The average Bonchev–Trinajstić information content (AvgIpc) is 2.75. The Bertz CT molecular complexity index is 677. The number of anilines is 1. The van der Waals surface area contributed by atoms with E-state index < -0.39 is 17.6 Å². The standard InChI is InChI=1S/C18H22N2O4/c1-3-4-5-6-11-20-17(23)15(16(22)18(20)24)13-7-9-14(10-8-13)19-12(2)21/h7-10,22H,3-6,11H2,1-2H3,(H,19,21). The van der Waals surface area contributed by atoms with Gasteiger partial charge in [0.15, 0.2) is 5.76 Å². The Kier molecular flexibility index (Phi) is 5.73. The first-order valence-corrected chi connectivity index (χ1v) is 8.13. The Hall–Kier alpha value is -2.63. The highest BCUT2D eigenvalue weighted by Crippen LogP contribution is 2.29. The van der Waals surface area contributed by atoms with Gasteiger partial charge in [0.2, 0.25) is 5.91 Å². The number of rotatable bonds is 7. The van der Waals surface area contributed by atoms with Crippen molar-refractivity contribution >= 4 is 29.0 Å². The largest absolute Gasteiger partial charge is 0.502 e. The molecule has 0 radical (unpaired) electrons. The van der Waals surface area contributed by atoms with Crippen LogP contribution in [0.2, 0.25) is 0 Å². The average molecular weight is 330 g/mol. The molecule has 1 heterocycles. The van der Waals surface area contributed by atoms with Gasteiger partial charge in [-0.3, -0.25) is 19.3 Å². The lowest BCUT2D eigenvalue weighted by Crippen LogP contribution is -2.32. The van der Waals surface area contributed by atoms with Gasteiger partial charge in [0.1, 0.15) is 0 Å². The van der Waals surface area contributed by atoms with Crippen LogP contribution in [0.5, 0.6) is 0 Å². The number of imide groups is 1. The number of nitrogens with one attached hydrogen (secondary N) is 1. The Labute approximate surface area is 141 Å². The van der Waals surface area contributed by atoms with Gasteiger partial charge in [0, 0.05) is 19.2 Å². The molecule has 2 N–H and O–H groups in total. The molecule has 1 aromatic carbocycles. The number of unbranched alkanes of at least 4 members (excludes halogenated alkanes) is 3. The second kappa shape index (κ2) is 7.77. The molecule has 1 aliphatic heterocycles. The molecule has 0 saturated carbocycles. The Morgan fingerprint density at radius 1 is 1.08 bits per heavy atom. The van der Waals surface area contributed by atoms with Crippen molar-refractivity contribution in [3.8, 4) is 0 Å². The van der Waals surface area contributed by atoms with E-state index in [1.807, 2.05) is 0 Å². The molecule has 0 spiro atoms. The van der Waals surface area contributed by atoms with E-state index in [1.54, 1.807) is 24.3 Å². The molecule has 6 heteroatoms. The highest BCUT2D eigenvalue weighted by molar-refractivity contribution is 6.34. The lowest BCUT2D eigenvalue weighted by atomic mass is 10.1. The lowest BCUT2D eigenvalue weighted by Gasteiger charge is -2.14. The van der Waals surface area contributed by atoms with Gasteiger partial charge in [-0.2, -0.15) is 0 Å². The Balaban J connectivity index is 2.13. The van der Waals surface area contributed by atoms with Crippen molar-refractivity contribution in [2.75, 3.05) is 11.9 Å². The normalized spacial score (nSPS) is 14.5. The van der Waals surface area contributed by atoms with Crippen LogP contribution in [0.1, 0.15) is 45.1 Å². The minimum Gasteiger partial charge on any atom is -0.502 e. The molecular formula is C18H22N2O4. The van der Waals surface area contributed by atoms with E-state index in [-0.39, 0.29) is 11.5 Å². The zero-order chi connectivity index (χ0) is 17.7. The monoisotopic (exact) mass is 330 g/mol. The van der Waals surface area contributed by atoms with Gasteiger partial charge in [-0.05, 0) is 24.1 Å². The third-order valence-corrected chi connectivity index (χ3v) is 3.87. The van der Waals surface area contributed by atoms with Crippen molar-refractivity contribution in [1.82, 2.24) is 4.90 Å². The predicted molar refractivity (Wildman–Crippen MR) is 91.2 cm³/mol. The summed E-state index contributed by atoms with van der Waals surface area (Å²) < 4.78 is 0. The number of aliphatic hydroxyl groups excluding tert-OH is 1. The quantitative estimate of drug-likeness (QED) is 0.594. The van der Waals surface area contributed by atoms with Gasteiger partial charge in [0.05, 0.1) is 5.57 Å². The van der Waals surface area contributed by atoms with Crippen molar-refractivity contribution in [2.45, 2.75) is 39.5 Å². The summed E-state index contributed by atoms with van der Waals surface area (Å²) in [6, 6.07) is 6.45. The van der Waals surface area contributed by atoms with Crippen LogP contribution in [0.3, 0.4) is 0 Å². The summed E-state index contributed by atoms with van der Waals surface area (Å²) in [7, 11) is 0. The Morgan fingerprint density at radius 3 is 2.33 bits per heavy atom. The summed E-state index contributed by atoms with van der Waals surface area (Å²) in [6.07, 6.45) is 3.78. The fraction of sp³-hybridized carbons (Fsp3) is 0.389. The molecule has 0 aliphatic carbocycles.